The standard InChI is InChI=1S/C17H14F2N2O2/c18-14-7-6-11(8-15(14)19)17(23)21-9-12(10-21)16(22)20-13-4-2-1-3-5-13/h1-8,12H,9-10H2,(H,20,22). The molecular weight excluding hydrogens is 302 g/mol. The van der Waals surface area contributed by atoms with E-state index in [4.69, 9.17) is 0 Å². The average Bonchev–Trinajstić information content (AvgIpc) is 2.49. The summed E-state index contributed by atoms with van der Waals surface area (Å²) in [5, 5.41) is 2.77. The van der Waals surface area contributed by atoms with Crippen molar-refractivity contribution >= 4 is 17.5 Å². The van der Waals surface area contributed by atoms with Crippen molar-refractivity contribution in [2.24, 2.45) is 5.92 Å². The van der Waals surface area contributed by atoms with Crippen LogP contribution >= 0.6 is 0 Å². The Hall–Kier alpha value is -2.76. The molecule has 0 aliphatic carbocycles. The SMILES string of the molecule is O=C(Nc1ccccc1)C1CN(C(=O)c2ccc(F)c(F)c2)C1. The first kappa shape index (κ1) is 15.1. The van der Waals surface area contributed by atoms with Gasteiger partial charge in [-0.15, -0.1) is 0 Å². The lowest BCUT2D eigenvalue weighted by atomic mass is 9.97. The number of likely N-dealkylation sites (tertiary alicyclic amines) is 1. The zero-order valence-electron chi connectivity index (χ0n) is 12.1. The minimum absolute atomic E-state index is 0.0748. The van der Waals surface area contributed by atoms with Gasteiger partial charge in [-0.25, -0.2) is 8.78 Å². The second kappa shape index (κ2) is 6.16. The lowest BCUT2D eigenvalue weighted by molar-refractivity contribution is -0.123. The number of anilines is 1. The van der Waals surface area contributed by atoms with Gasteiger partial charge in [-0.3, -0.25) is 9.59 Å². The van der Waals surface area contributed by atoms with Gasteiger partial charge in [0.25, 0.3) is 5.91 Å². The number of nitrogens with one attached hydrogen (secondary N) is 1. The minimum Gasteiger partial charge on any atom is -0.337 e. The van der Waals surface area contributed by atoms with Crippen molar-refractivity contribution in [3.63, 3.8) is 0 Å². The van der Waals surface area contributed by atoms with Gasteiger partial charge in [0.05, 0.1) is 5.92 Å². The molecule has 1 aliphatic heterocycles. The number of carbonyl (C=O) groups excluding carboxylic acids is 2. The van der Waals surface area contributed by atoms with Crippen molar-refractivity contribution < 1.29 is 18.4 Å². The highest BCUT2D eigenvalue weighted by Crippen LogP contribution is 2.21. The molecule has 3 rings (SSSR count). The van der Waals surface area contributed by atoms with Crippen LogP contribution in [-0.4, -0.2) is 29.8 Å². The molecule has 0 spiro atoms. The molecule has 0 radical (unpaired) electrons. The van der Waals surface area contributed by atoms with E-state index in [0.717, 1.165) is 12.1 Å². The fraction of sp³-hybridized carbons (Fsp3) is 0.176. The number of para-hydroxylation sites is 1. The Morgan fingerprint density at radius 1 is 1.00 bits per heavy atom. The zero-order chi connectivity index (χ0) is 16.4. The van der Waals surface area contributed by atoms with E-state index in [0.29, 0.717) is 5.69 Å². The first-order chi connectivity index (χ1) is 11.0. The number of nitrogens with zero attached hydrogens (tertiary/aromatic N) is 1. The Morgan fingerprint density at radius 3 is 2.35 bits per heavy atom. The molecule has 2 aromatic rings. The van der Waals surface area contributed by atoms with Crippen molar-refractivity contribution in [1.29, 1.82) is 0 Å². The fourth-order valence-electron chi connectivity index (χ4n) is 2.39. The third-order valence-corrected chi connectivity index (χ3v) is 3.75. The van der Waals surface area contributed by atoms with Crippen LogP contribution in [-0.2, 0) is 4.79 Å². The van der Waals surface area contributed by atoms with E-state index in [1.165, 1.54) is 11.0 Å². The van der Waals surface area contributed by atoms with Gasteiger partial charge in [0, 0.05) is 24.3 Å². The highest BCUT2D eigenvalue weighted by atomic mass is 19.2. The van der Waals surface area contributed by atoms with Crippen molar-refractivity contribution in [2.75, 3.05) is 18.4 Å². The molecule has 4 nitrogen and oxygen atoms in total. The van der Waals surface area contributed by atoms with Gasteiger partial charge in [0.1, 0.15) is 0 Å². The van der Waals surface area contributed by atoms with Crippen molar-refractivity contribution in [1.82, 2.24) is 4.90 Å². The van der Waals surface area contributed by atoms with Crippen LogP contribution in [0.25, 0.3) is 0 Å². The predicted molar refractivity (Wildman–Crippen MR) is 80.8 cm³/mol. The van der Waals surface area contributed by atoms with Gasteiger partial charge < -0.3 is 10.2 Å². The molecule has 0 bridgehead atoms. The summed E-state index contributed by atoms with van der Waals surface area (Å²) in [6, 6.07) is 12.1. The smallest absolute Gasteiger partial charge is 0.254 e. The Morgan fingerprint density at radius 2 is 1.70 bits per heavy atom. The largest absolute Gasteiger partial charge is 0.337 e. The van der Waals surface area contributed by atoms with E-state index in [9.17, 15) is 18.4 Å². The lowest BCUT2D eigenvalue weighted by Crippen LogP contribution is -2.54. The fourth-order valence-corrected chi connectivity index (χ4v) is 2.39. The van der Waals surface area contributed by atoms with Gasteiger partial charge in [-0.2, -0.15) is 0 Å². The zero-order valence-corrected chi connectivity index (χ0v) is 12.1. The molecule has 2 aromatic carbocycles. The number of hydrogen-bond donors (Lipinski definition) is 1. The van der Waals surface area contributed by atoms with Crippen molar-refractivity contribution in [3.8, 4) is 0 Å². The van der Waals surface area contributed by atoms with Gasteiger partial charge in [0.2, 0.25) is 5.91 Å². The average molecular weight is 316 g/mol. The monoisotopic (exact) mass is 316 g/mol. The summed E-state index contributed by atoms with van der Waals surface area (Å²) in [4.78, 5) is 25.6. The number of amides is 2. The molecule has 0 saturated carbocycles. The summed E-state index contributed by atoms with van der Waals surface area (Å²) < 4.78 is 26.0. The van der Waals surface area contributed by atoms with E-state index >= 15 is 0 Å². The number of rotatable bonds is 3. The number of benzene rings is 2. The Labute approximate surface area is 131 Å². The Kier molecular flexibility index (Phi) is 4.06. The second-order valence-electron chi connectivity index (χ2n) is 5.39. The van der Waals surface area contributed by atoms with Gasteiger partial charge in [-0.05, 0) is 30.3 Å². The summed E-state index contributed by atoms with van der Waals surface area (Å²) in [7, 11) is 0. The minimum atomic E-state index is -1.06. The summed E-state index contributed by atoms with van der Waals surface area (Å²) in [6.07, 6.45) is 0. The van der Waals surface area contributed by atoms with Gasteiger partial charge >= 0.3 is 0 Å². The molecule has 1 saturated heterocycles. The Balaban J connectivity index is 1.57. The van der Waals surface area contributed by atoms with Crippen molar-refractivity contribution in [3.05, 3.63) is 65.7 Å². The first-order valence-corrected chi connectivity index (χ1v) is 7.15. The second-order valence-corrected chi connectivity index (χ2v) is 5.39. The third kappa shape index (κ3) is 3.21. The Bertz CT molecular complexity index is 744. The number of carbonyl (C=O) groups is 2. The maximum atomic E-state index is 13.2. The van der Waals surface area contributed by atoms with Crippen LogP contribution in [0.2, 0.25) is 0 Å². The summed E-state index contributed by atoms with van der Waals surface area (Å²) in [5.41, 5.74) is 0.772. The summed E-state index contributed by atoms with van der Waals surface area (Å²) >= 11 is 0. The number of halogens is 2. The summed E-state index contributed by atoms with van der Waals surface area (Å²) in [5.74, 6) is -2.93. The molecule has 6 heteroatoms. The van der Waals surface area contributed by atoms with Crippen LogP contribution in [0, 0.1) is 17.6 Å². The molecule has 0 aromatic heterocycles. The highest BCUT2D eigenvalue weighted by Gasteiger charge is 2.36. The van der Waals surface area contributed by atoms with Gasteiger partial charge in [0.15, 0.2) is 11.6 Å². The van der Waals surface area contributed by atoms with E-state index < -0.39 is 17.5 Å². The molecule has 1 aliphatic rings. The number of hydrogen-bond acceptors (Lipinski definition) is 2. The van der Waals surface area contributed by atoms with Gasteiger partial charge in [-0.1, -0.05) is 18.2 Å². The molecule has 1 N–H and O–H groups in total. The quantitative estimate of drug-likeness (QED) is 0.946. The van der Waals surface area contributed by atoms with Crippen LogP contribution < -0.4 is 5.32 Å². The van der Waals surface area contributed by atoms with E-state index in [-0.39, 0.29) is 30.5 Å². The van der Waals surface area contributed by atoms with E-state index in [2.05, 4.69) is 5.32 Å². The molecule has 1 fully saturated rings. The first-order valence-electron chi connectivity index (χ1n) is 7.15. The third-order valence-electron chi connectivity index (χ3n) is 3.75. The van der Waals surface area contributed by atoms with Crippen molar-refractivity contribution in [2.45, 2.75) is 0 Å². The lowest BCUT2D eigenvalue weighted by Gasteiger charge is -2.38. The van der Waals surface area contributed by atoms with Crippen LogP contribution in [0.1, 0.15) is 10.4 Å². The summed E-state index contributed by atoms with van der Waals surface area (Å²) in [6.45, 7) is 0.521. The topological polar surface area (TPSA) is 49.4 Å². The maximum Gasteiger partial charge on any atom is 0.254 e. The van der Waals surface area contributed by atoms with E-state index in [1.807, 2.05) is 18.2 Å². The maximum absolute atomic E-state index is 13.2. The highest BCUT2D eigenvalue weighted by molar-refractivity contribution is 5.98. The molecule has 2 amide bonds. The molecule has 1 heterocycles. The molecule has 0 unspecified atom stereocenters. The van der Waals surface area contributed by atoms with Crippen LogP contribution in [0.3, 0.4) is 0 Å². The van der Waals surface area contributed by atoms with Crippen LogP contribution in [0.4, 0.5) is 14.5 Å². The normalized spacial score (nSPS) is 14.3. The molecule has 118 valence electrons. The molecular formula is C17H14F2N2O2. The molecule has 0 atom stereocenters. The van der Waals surface area contributed by atoms with E-state index in [1.54, 1.807) is 12.1 Å². The van der Waals surface area contributed by atoms with Crippen LogP contribution in [0.15, 0.2) is 48.5 Å². The van der Waals surface area contributed by atoms with Crippen LogP contribution in [0.5, 0.6) is 0 Å². The molecule has 23 heavy (non-hydrogen) atoms. The predicted octanol–water partition coefficient (Wildman–Crippen LogP) is 2.68.